The topological polar surface area (TPSA) is 58.6 Å². The molecule has 0 unspecified atom stereocenters. The van der Waals surface area contributed by atoms with E-state index < -0.39 is 17.6 Å². The third-order valence-corrected chi connectivity index (χ3v) is 4.47. The summed E-state index contributed by atoms with van der Waals surface area (Å²) < 4.78 is 18.4. The van der Waals surface area contributed by atoms with Gasteiger partial charge in [0.15, 0.2) is 6.61 Å². The van der Waals surface area contributed by atoms with Crippen LogP contribution in [0.2, 0.25) is 15.1 Å². The Morgan fingerprint density at radius 3 is 2.37 bits per heavy atom. The van der Waals surface area contributed by atoms with E-state index in [1.54, 1.807) is 25.1 Å². The van der Waals surface area contributed by atoms with Gasteiger partial charge in [-0.05, 0) is 31.2 Å². The van der Waals surface area contributed by atoms with Gasteiger partial charge in [0.25, 0.3) is 5.91 Å². The summed E-state index contributed by atoms with van der Waals surface area (Å²) >= 11 is 17.7. The second-order valence-corrected chi connectivity index (χ2v) is 6.64. The summed E-state index contributed by atoms with van der Waals surface area (Å²) in [6.45, 7) is 1.48. The molecule has 0 saturated carbocycles. The van der Waals surface area contributed by atoms with Gasteiger partial charge in [0.05, 0.1) is 27.3 Å². The van der Waals surface area contributed by atoms with Crippen LogP contribution in [0.15, 0.2) is 36.4 Å². The molecule has 0 saturated heterocycles. The van der Waals surface area contributed by atoms with Gasteiger partial charge < -0.3 is 15.0 Å². The highest BCUT2D eigenvalue weighted by Crippen LogP contribution is 2.29. The fourth-order valence-electron chi connectivity index (χ4n) is 2.15. The molecule has 0 atom stereocenters. The molecule has 0 aliphatic carbocycles. The van der Waals surface area contributed by atoms with E-state index in [4.69, 9.17) is 39.5 Å². The van der Waals surface area contributed by atoms with Gasteiger partial charge in [-0.2, -0.15) is 0 Å². The number of rotatable bonds is 7. The van der Waals surface area contributed by atoms with Crippen LogP contribution >= 0.6 is 34.8 Å². The number of ether oxygens (including phenoxy) is 1. The number of nitrogens with one attached hydrogen (secondary N) is 1. The fourth-order valence-corrected chi connectivity index (χ4v) is 2.81. The summed E-state index contributed by atoms with van der Waals surface area (Å²) in [7, 11) is 0. The Kier molecular flexibility index (Phi) is 7.71. The smallest absolute Gasteiger partial charge is 0.260 e. The third kappa shape index (κ3) is 5.99. The summed E-state index contributed by atoms with van der Waals surface area (Å²) in [5.74, 6) is -1.21. The van der Waals surface area contributed by atoms with Crippen molar-refractivity contribution in [1.29, 1.82) is 0 Å². The molecule has 2 amide bonds. The van der Waals surface area contributed by atoms with Crippen LogP contribution in [0.1, 0.15) is 6.92 Å². The Labute approximate surface area is 170 Å². The van der Waals surface area contributed by atoms with E-state index in [0.29, 0.717) is 10.0 Å². The number of likely N-dealkylation sites (N-methyl/N-ethyl adjacent to an activating group) is 1. The Balaban J connectivity index is 1.94. The van der Waals surface area contributed by atoms with E-state index in [-0.39, 0.29) is 36.2 Å². The number of para-hydroxylation sites is 1. The zero-order valence-electron chi connectivity index (χ0n) is 14.3. The van der Waals surface area contributed by atoms with E-state index in [1.165, 1.54) is 17.0 Å². The van der Waals surface area contributed by atoms with Crippen LogP contribution in [-0.2, 0) is 9.59 Å². The van der Waals surface area contributed by atoms with Crippen molar-refractivity contribution in [2.45, 2.75) is 6.92 Å². The minimum atomic E-state index is -0.583. The van der Waals surface area contributed by atoms with Crippen molar-refractivity contribution in [3.63, 3.8) is 0 Å². The Hall–Kier alpha value is -2.02. The lowest BCUT2D eigenvalue weighted by atomic mass is 10.3. The summed E-state index contributed by atoms with van der Waals surface area (Å²) in [6, 6.07) is 8.60. The molecule has 1 N–H and O–H groups in total. The predicted molar refractivity (Wildman–Crippen MR) is 104 cm³/mol. The molecule has 0 aromatic heterocycles. The van der Waals surface area contributed by atoms with Crippen molar-refractivity contribution in [1.82, 2.24) is 4.90 Å². The maximum atomic E-state index is 13.1. The fraction of sp³-hybridized carbons (Fsp3) is 0.222. The van der Waals surface area contributed by atoms with Gasteiger partial charge in [-0.1, -0.05) is 40.9 Å². The van der Waals surface area contributed by atoms with Gasteiger partial charge in [-0.3, -0.25) is 9.59 Å². The van der Waals surface area contributed by atoms with Crippen LogP contribution < -0.4 is 10.1 Å². The highest BCUT2D eigenvalue weighted by atomic mass is 35.5. The van der Waals surface area contributed by atoms with Gasteiger partial charge >= 0.3 is 0 Å². The lowest BCUT2D eigenvalue weighted by molar-refractivity contribution is -0.136. The van der Waals surface area contributed by atoms with Crippen LogP contribution in [0.3, 0.4) is 0 Å². The molecule has 2 aromatic carbocycles. The zero-order valence-corrected chi connectivity index (χ0v) is 16.5. The highest BCUT2D eigenvalue weighted by Gasteiger charge is 2.18. The Morgan fingerprint density at radius 1 is 1.11 bits per heavy atom. The quantitative estimate of drug-likeness (QED) is 0.691. The van der Waals surface area contributed by atoms with E-state index in [1.807, 2.05) is 0 Å². The first kappa shape index (κ1) is 21.3. The molecule has 27 heavy (non-hydrogen) atoms. The number of carbonyl (C=O) groups is 2. The van der Waals surface area contributed by atoms with Crippen LogP contribution in [0.25, 0.3) is 0 Å². The lowest BCUT2D eigenvalue weighted by Crippen LogP contribution is -2.40. The number of nitrogens with zero attached hydrogens (tertiary/aromatic N) is 1. The van der Waals surface area contributed by atoms with Gasteiger partial charge in [-0.15, -0.1) is 0 Å². The van der Waals surface area contributed by atoms with Gasteiger partial charge in [-0.25, -0.2) is 4.39 Å². The second-order valence-electron chi connectivity index (χ2n) is 5.42. The van der Waals surface area contributed by atoms with Crippen LogP contribution in [0.5, 0.6) is 5.75 Å². The van der Waals surface area contributed by atoms with Gasteiger partial charge in [0.2, 0.25) is 5.91 Å². The minimum Gasteiger partial charge on any atom is -0.484 e. The number of halogens is 4. The van der Waals surface area contributed by atoms with Crippen molar-refractivity contribution >= 4 is 52.3 Å². The van der Waals surface area contributed by atoms with Crippen LogP contribution in [0, 0.1) is 5.82 Å². The molecule has 0 fully saturated rings. The second kappa shape index (κ2) is 9.78. The third-order valence-electron chi connectivity index (χ3n) is 3.55. The molecular weight excluding hydrogens is 418 g/mol. The molecule has 0 spiro atoms. The zero-order chi connectivity index (χ0) is 20.0. The number of hydrogen-bond donors (Lipinski definition) is 1. The summed E-state index contributed by atoms with van der Waals surface area (Å²) in [4.78, 5) is 25.8. The molecule has 0 aliphatic heterocycles. The average molecular weight is 434 g/mol. The average Bonchev–Trinajstić information content (AvgIpc) is 2.63. The molecule has 5 nitrogen and oxygen atoms in total. The number of amides is 2. The van der Waals surface area contributed by atoms with Crippen molar-refractivity contribution in [3.05, 3.63) is 57.3 Å². The van der Waals surface area contributed by atoms with E-state index in [2.05, 4.69) is 5.32 Å². The Bertz CT molecular complexity index is 828. The number of hydrogen-bond acceptors (Lipinski definition) is 3. The van der Waals surface area contributed by atoms with Crippen molar-refractivity contribution in [3.8, 4) is 5.75 Å². The van der Waals surface area contributed by atoms with Crippen molar-refractivity contribution in [2.24, 2.45) is 0 Å². The van der Waals surface area contributed by atoms with E-state index in [9.17, 15) is 14.0 Å². The molecule has 0 bridgehead atoms. The molecule has 0 radical (unpaired) electrons. The molecule has 0 aliphatic rings. The first-order valence-corrected chi connectivity index (χ1v) is 9.04. The lowest BCUT2D eigenvalue weighted by Gasteiger charge is -2.21. The molecule has 144 valence electrons. The van der Waals surface area contributed by atoms with E-state index >= 15 is 0 Å². The normalized spacial score (nSPS) is 10.4. The number of anilines is 1. The largest absolute Gasteiger partial charge is 0.484 e. The summed E-state index contributed by atoms with van der Waals surface area (Å²) in [6.07, 6.45) is 0. The maximum Gasteiger partial charge on any atom is 0.260 e. The van der Waals surface area contributed by atoms with Crippen LogP contribution in [0.4, 0.5) is 10.1 Å². The summed E-state index contributed by atoms with van der Waals surface area (Å²) in [5, 5.41) is 3.07. The van der Waals surface area contributed by atoms with Crippen molar-refractivity contribution < 1.29 is 18.7 Å². The molecule has 2 rings (SSSR count). The Morgan fingerprint density at radius 2 is 1.78 bits per heavy atom. The molecular formula is C18H16Cl3FN2O3. The SMILES string of the molecule is CCN(CC(=O)Nc1c(Cl)cccc1Cl)C(=O)COc1ccc(F)c(Cl)c1. The first-order chi connectivity index (χ1) is 12.8. The monoisotopic (exact) mass is 432 g/mol. The first-order valence-electron chi connectivity index (χ1n) is 7.91. The van der Waals surface area contributed by atoms with E-state index in [0.717, 1.165) is 6.07 Å². The standard InChI is InChI=1S/C18H16Cl3FN2O3/c1-2-24(9-16(25)23-18-12(19)4-3-5-13(18)20)17(26)10-27-11-6-7-15(22)14(21)8-11/h3-8H,2,9-10H2,1H3,(H,23,25). The van der Waals surface area contributed by atoms with Crippen molar-refractivity contribution in [2.75, 3.05) is 25.0 Å². The number of carbonyl (C=O) groups excluding carboxylic acids is 2. The molecule has 9 heteroatoms. The molecule has 2 aromatic rings. The molecule has 0 heterocycles. The highest BCUT2D eigenvalue weighted by molar-refractivity contribution is 6.39. The maximum absolute atomic E-state index is 13.1. The van der Waals surface area contributed by atoms with Crippen LogP contribution in [-0.4, -0.2) is 36.4 Å². The van der Waals surface area contributed by atoms with Gasteiger partial charge in [0.1, 0.15) is 11.6 Å². The summed E-state index contributed by atoms with van der Waals surface area (Å²) in [5.41, 5.74) is 0.284. The predicted octanol–water partition coefficient (Wildman–Crippen LogP) is 4.65. The minimum absolute atomic E-state index is 0.108. The number of benzene rings is 2. The van der Waals surface area contributed by atoms with Gasteiger partial charge in [0, 0.05) is 12.6 Å².